The van der Waals surface area contributed by atoms with Gasteiger partial charge in [0.2, 0.25) is 0 Å². The van der Waals surface area contributed by atoms with Gasteiger partial charge in [-0.3, -0.25) is 0 Å². The fraction of sp³-hybridized carbons (Fsp3) is 0.478. The van der Waals surface area contributed by atoms with E-state index >= 15 is 0 Å². The maximum atomic E-state index is 5.76. The Balaban J connectivity index is 1.69. The van der Waals surface area contributed by atoms with E-state index in [-0.39, 0.29) is 0 Å². The first-order chi connectivity index (χ1) is 11.8. The first-order valence-corrected chi connectivity index (χ1v) is 9.65. The van der Waals surface area contributed by atoms with Crippen molar-refractivity contribution in [1.82, 2.24) is 0 Å². The van der Waals surface area contributed by atoms with Gasteiger partial charge in [-0.05, 0) is 66.0 Å². The molecule has 2 aromatic rings. The smallest absolute Gasteiger partial charge is 0.119 e. The van der Waals surface area contributed by atoms with Gasteiger partial charge in [-0.2, -0.15) is 0 Å². The van der Waals surface area contributed by atoms with Crippen LogP contribution in [0.15, 0.2) is 42.5 Å². The lowest BCUT2D eigenvalue weighted by atomic mass is 9.81. The van der Waals surface area contributed by atoms with Crippen molar-refractivity contribution in [3.63, 3.8) is 0 Å². The summed E-state index contributed by atoms with van der Waals surface area (Å²) in [6.07, 6.45) is 8.84. The molecule has 128 valence electrons. The molecular formula is C23H30O. The summed E-state index contributed by atoms with van der Waals surface area (Å²) in [5, 5.41) is 0. The molecule has 24 heavy (non-hydrogen) atoms. The van der Waals surface area contributed by atoms with E-state index in [1.807, 2.05) is 0 Å². The Hall–Kier alpha value is -1.76. The second kappa shape index (κ2) is 8.37. The van der Waals surface area contributed by atoms with Gasteiger partial charge in [0.25, 0.3) is 0 Å². The number of rotatable bonds is 7. The Morgan fingerprint density at radius 3 is 2.46 bits per heavy atom. The minimum absolute atomic E-state index is 0.813. The maximum Gasteiger partial charge on any atom is 0.119 e. The van der Waals surface area contributed by atoms with Gasteiger partial charge in [-0.1, -0.05) is 63.4 Å². The molecule has 0 aliphatic heterocycles. The van der Waals surface area contributed by atoms with Crippen LogP contribution >= 0.6 is 0 Å². The normalized spacial score (nSPS) is 16.7. The topological polar surface area (TPSA) is 9.23 Å². The lowest BCUT2D eigenvalue weighted by Crippen LogP contribution is -2.14. The van der Waals surface area contributed by atoms with Crippen LogP contribution in [-0.4, -0.2) is 6.61 Å². The molecule has 0 N–H and O–H groups in total. The third-order valence-electron chi connectivity index (χ3n) is 5.19. The summed E-state index contributed by atoms with van der Waals surface area (Å²) < 4.78 is 5.76. The number of hydrogen-bond acceptors (Lipinski definition) is 1. The zero-order valence-electron chi connectivity index (χ0n) is 15.2. The second-order valence-corrected chi connectivity index (χ2v) is 7.11. The van der Waals surface area contributed by atoms with Gasteiger partial charge in [0.1, 0.15) is 5.75 Å². The van der Waals surface area contributed by atoms with E-state index in [1.54, 1.807) is 11.1 Å². The zero-order chi connectivity index (χ0) is 16.8. The number of unbranched alkanes of at least 4 members (excludes halogenated alkanes) is 1. The molecule has 0 bridgehead atoms. The molecule has 0 radical (unpaired) electrons. The Bertz CT molecular complexity index is 642. The van der Waals surface area contributed by atoms with E-state index < -0.39 is 0 Å². The standard InChI is InChI=1S/C23H30O/c1-3-5-15-24-23-13-11-19(12-14-23)21-10-9-20-16-18(6-4-2)7-8-22(20)17-21/h9-14,17-18H,3-8,15-16H2,1-2H3. The molecule has 1 heteroatoms. The van der Waals surface area contributed by atoms with Crippen LogP contribution in [0.25, 0.3) is 11.1 Å². The highest BCUT2D eigenvalue weighted by Gasteiger charge is 2.18. The Kier molecular flexibility index (Phi) is 5.96. The molecule has 0 heterocycles. The SMILES string of the molecule is CCCCOc1ccc(-c2ccc3c(c2)CCC(CCC)C3)cc1. The van der Waals surface area contributed by atoms with Gasteiger partial charge in [-0.15, -0.1) is 0 Å². The minimum Gasteiger partial charge on any atom is -0.494 e. The van der Waals surface area contributed by atoms with Crippen molar-refractivity contribution in [2.24, 2.45) is 5.92 Å². The fourth-order valence-corrected chi connectivity index (χ4v) is 3.74. The molecule has 3 rings (SSSR count). The molecule has 1 atom stereocenters. The van der Waals surface area contributed by atoms with Gasteiger partial charge in [0, 0.05) is 0 Å². The van der Waals surface area contributed by atoms with Crippen LogP contribution < -0.4 is 4.74 Å². The molecule has 0 spiro atoms. The average molecular weight is 322 g/mol. The van der Waals surface area contributed by atoms with E-state index in [0.717, 1.165) is 24.7 Å². The Morgan fingerprint density at radius 1 is 0.917 bits per heavy atom. The largest absolute Gasteiger partial charge is 0.494 e. The molecular weight excluding hydrogens is 292 g/mol. The van der Waals surface area contributed by atoms with Crippen molar-refractivity contribution in [1.29, 1.82) is 0 Å². The number of benzene rings is 2. The highest BCUT2D eigenvalue weighted by Crippen LogP contribution is 2.32. The Morgan fingerprint density at radius 2 is 1.71 bits per heavy atom. The number of fused-ring (bicyclic) bond motifs is 1. The van der Waals surface area contributed by atoms with Crippen LogP contribution in [0.5, 0.6) is 5.75 Å². The molecule has 0 saturated heterocycles. The fourth-order valence-electron chi connectivity index (χ4n) is 3.74. The molecule has 1 aliphatic carbocycles. The highest BCUT2D eigenvalue weighted by molar-refractivity contribution is 5.65. The van der Waals surface area contributed by atoms with Gasteiger partial charge < -0.3 is 4.74 Å². The van der Waals surface area contributed by atoms with Gasteiger partial charge >= 0.3 is 0 Å². The molecule has 1 unspecified atom stereocenters. The van der Waals surface area contributed by atoms with Crippen LogP contribution in [-0.2, 0) is 12.8 Å². The quantitative estimate of drug-likeness (QED) is 0.533. The van der Waals surface area contributed by atoms with Crippen LogP contribution in [0.3, 0.4) is 0 Å². The molecule has 0 aromatic heterocycles. The average Bonchev–Trinajstić information content (AvgIpc) is 2.62. The van der Waals surface area contributed by atoms with E-state index in [4.69, 9.17) is 4.74 Å². The van der Waals surface area contributed by atoms with Crippen molar-refractivity contribution < 1.29 is 4.74 Å². The predicted molar refractivity (Wildman–Crippen MR) is 103 cm³/mol. The van der Waals surface area contributed by atoms with Gasteiger partial charge in [0.15, 0.2) is 0 Å². The molecule has 1 nitrogen and oxygen atoms in total. The lowest BCUT2D eigenvalue weighted by Gasteiger charge is -2.24. The Labute approximate surface area is 147 Å². The summed E-state index contributed by atoms with van der Waals surface area (Å²) in [6, 6.07) is 15.6. The first kappa shape index (κ1) is 17.1. The van der Waals surface area contributed by atoms with Gasteiger partial charge in [0.05, 0.1) is 6.61 Å². The minimum atomic E-state index is 0.813. The van der Waals surface area contributed by atoms with E-state index in [9.17, 15) is 0 Å². The number of aryl methyl sites for hydroxylation is 1. The molecule has 0 fully saturated rings. The second-order valence-electron chi connectivity index (χ2n) is 7.11. The zero-order valence-corrected chi connectivity index (χ0v) is 15.2. The van der Waals surface area contributed by atoms with Crippen molar-refractivity contribution >= 4 is 0 Å². The monoisotopic (exact) mass is 322 g/mol. The first-order valence-electron chi connectivity index (χ1n) is 9.65. The van der Waals surface area contributed by atoms with E-state index in [1.165, 1.54) is 49.7 Å². The van der Waals surface area contributed by atoms with Crippen LogP contribution in [0.4, 0.5) is 0 Å². The predicted octanol–water partition coefficient (Wildman–Crippen LogP) is 6.44. The van der Waals surface area contributed by atoms with Crippen molar-refractivity contribution in [3.05, 3.63) is 53.6 Å². The summed E-state index contributed by atoms with van der Waals surface area (Å²) in [6.45, 7) is 5.30. The summed E-state index contributed by atoms with van der Waals surface area (Å²) in [5.41, 5.74) is 5.75. The molecule has 1 aliphatic rings. The molecule has 2 aromatic carbocycles. The molecule has 0 saturated carbocycles. The van der Waals surface area contributed by atoms with E-state index in [0.29, 0.717) is 0 Å². The van der Waals surface area contributed by atoms with Crippen LogP contribution in [0.1, 0.15) is 57.1 Å². The summed E-state index contributed by atoms with van der Waals surface area (Å²) in [7, 11) is 0. The van der Waals surface area contributed by atoms with Gasteiger partial charge in [-0.25, -0.2) is 0 Å². The maximum absolute atomic E-state index is 5.76. The van der Waals surface area contributed by atoms with Crippen LogP contribution in [0, 0.1) is 5.92 Å². The van der Waals surface area contributed by atoms with Crippen molar-refractivity contribution in [3.8, 4) is 16.9 Å². The van der Waals surface area contributed by atoms with Crippen LogP contribution in [0.2, 0.25) is 0 Å². The third-order valence-corrected chi connectivity index (χ3v) is 5.19. The number of ether oxygens (including phenoxy) is 1. The summed E-state index contributed by atoms with van der Waals surface area (Å²) in [5.74, 6) is 1.88. The van der Waals surface area contributed by atoms with E-state index in [2.05, 4.69) is 56.3 Å². The lowest BCUT2D eigenvalue weighted by molar-refractivity contribution is 0.309. The third kappa shape index (κ3) is 4.20. The highest BCUT2D eigenvalue weighted by atomic mass is 16.5. The van der Waals surface area contributed by atoms with Crippen molar-refractivity contribution in [2.45, 2.75) is 58.8 Å². The number of hydrogen-bond donors (Lipinski definition) is 0. The molecule has 0 amide bonds. The summed E-state index contributed by atoms with van der Waals surface area (Å²) in [4.78, 5) is 0. The van der Waals surface area contributed by atoms with Crippen molar-refractivity contribution in [2.75, 3.05) is 6.61 Å². The summed E-state index contributed by atoms with van der Waals surface area (Å²) >= 11 is 0.